The van der Waals surface area contributed by atoms with Gasteiger partial charge in [0.2, 0.25) is 0 Å². The molecule has 3 atom stereocenters. The number of nitriles is 1. The zero-order valence-electron chi connectivity index (χ0n) is 15.0. The first-order chi connectivity index (χ1) is 11.7. The third-order valence-electron chi connectivity index (χ3n) is 5.26. The lowest BCUT2D eigenvalue weighted by Crippen LogP contribution is -2.57. The van der Waals surface area contributed by atoms with E-state index in [1.807, 2.05) is 27.7 Å². The number of hydrogen-bond donors (Lipinski definition) is 3. The number of urea groups is 1. The van der Waals surface area contributed by atoms with Crippen LogP contribution in [0.5, 0.6) is 0 Å². The van der Waals surface area contributed by atoms with Crippen molar-refractivity contribution in [3.8, 4) is 6.07 Å². The second-order valence-corrected chi connectivity index (χ2v) is 7.24. The van der Waals surface area contributed by atoms with Gasteiger partial charge in [0.15, 0.2) is 5.82 Å². The second-order valence-electron chi connectivity index (χ2n) is 7.24. The zero-order chi connectivity index (χ0) is 18.8. The van der Waals surface area contributed by atoms with Crippen LogP contribution in [-0.2, 0) is 11.3 Å². The molecule has 2 rings (SSSR count). The molecule has 0 aliphatic heterocycles. The Balaban J connectivity index is 1.90. The summed E-state index contributed by atoms with van der Waals surface area (Å²) in [5, 5.41) is 27.7. The number of nitrogens with zero attached hydrogens (tertiary/aromatic N) is 3. The second kappa shape index (κ2) is 7.13. The molecule has 3 N–H and O–H groups in total. The van der Waals surface area contributed by atoms with Crippen LogP contribution in [0.4, 0.5) is 10.6 Å². The lowest BCUT2D eigenvalue weighted by Gasteiger charge is -2.52. The van der Waals surface area contributed by atoms with Gasteiger partial charge in [-0.2, -0.15) is 10.4 Å². The molecule has 0 radical (unpaired) electrons. The highest BCUT2D eigenvalue weighted by atomic mass is 16.4. The summed E-state index contributed by atoms with van der Waals surface area (Å²) < 4.78 is 1.68. The van der Waals surface area contributed by atoms with Crippen LogP contribution in [0.2, 0.25) is 0 Å². The molecule has 1 heterocycles. The van der Waals surface area contributed by atoms with Crippen LogP contribution in [0.1, 0.15) is 39.3 Å². The number of carboxylic acids is 1. The smallest absolute Gasteiger partial charge is 0.320 e. The Labute approximate surface area is 147 Å². The van der Waals surface area contributed by atoms with E-state index in [0.29, 0.717) is 25.2 Å². The van der Waals surface area contributed by atoms with Crippen LogP contribution in [-0.4, -0.2) is 32.9 Å². The van der Waals surface area contributed by atoms with Gasteiger partial charge in [0.1, 0.15) is 0 Å². The Hall–Kier alpha value is -2.56. The monoisotopic (exact) mass is 347 g/mol. The van der Waals surface area contributed by atoms with Crippen molar-refractivity contribution in [3.05, 3.63) is 11.8 Å². The summed E-state index contributed by atoms with van der Waals surface area (Å²) in [7, 11) is 0. The van der Waals surface area contributed by atoms with Crippen LogP contribution in [0, 0.1) is 35.5 Å². The third kappa shape index (κ3) is 3.92. The molecular weight excluding hydrogens is 322 g/mol. The van der Waals surface area contributed by atoms with Gasteiger partial charge in [0.05, 0.1) is 25.0 Å². The molecule has 25 heavy (non-hydrogen) atoms. The van der Waals surface area contributed by atoms with Crippen molar-refractivity contribution in [3.63, 3.8) is 0 Å². The van der Waals surface area contributed by atoms with Crippen molar-refractivity contribution >= 4 is 17.8 Å². The van der Waals surface area contributed by atoms with Crippen molar-refractivity contribution in [2.24, 2.45) is 17.3 Å². The number of anilines is 1. The maximum Gasteiger partial charge on any atom is 0.320 e. The van der Waals surface area contributed by atoms with E-state index < -0.39 is 5.97 Å². The average molecular weight is 347 g/mol. The topological polar surface area (TPSA) is 120 Å². The number of rotatable bonds is 6. The minimum atomic E-state index is -0.781. The number of carbonyl (C=O) groups is 2. The molecule has 1 aliphatic carbocycles. The summed E-state index contributed by atoms with van der Waals surface area (Å²) in [4.78, 5) is 23.4. The van der Waals surface area contributed by atoms with E-state index >= 15 is 0 Å². The standard InChI is InChI=1S/C17H25N5O3/c1-10-8-14(21-22(10)7-5-6-18)20-16(25)19-11(2)12-9-13(15(23)24)17(12,3)4/h8,11-13H,5,7,9H2,1-4H3,(H,23,24)(H2,19,20,21,25)/t11?,12-,13+/m0/s1. The fraction of sp³-hybridized carbons (Fsp3) is 0.647. The Bertz CT molecular complexity index is 704. The van der Waals surface area contributed by atoms with Crippen molar-refractivity contribution in [2.75, 3.05) is 5.32 Å². The molecule has 8 nitrogen and oxygen atoms in total. The lowest BCUT2D eigenvalue weighted by molar-refractivity contribution is -0.160. The fourth-order valence-corrected chi connectivity index (χ4v) is 3.64. The third-order valence-corrected chi connectivity index (χ3v) is 5.26. The summed E-state index contributed by atoms with van der Waals surface area (Å²) in [6.45, 7) is 8.08. The number of carbonyl (C=O) groups excluding carboxylic acids is 1. The Morgan fingerprint density at radius 3 is 2.80 bits per heavy atom. The molecule has 136 valence electrons. The van der Waals surface area contributed by atoms with E-state index in [1.165, 1.54) is 0 Å². The highest BCUT2D eigenvalue weighted by Gasteiger charge is 2.53. The summed E-state index contributed by atoms with van der Waals surface area (Å²) in [6.07, 6.45) is 0.915. The van der Waals surface area contributed by atoms with E-state index in [4.69, 9.17) is 5.26 Å². The van der Waals surface area contributed by atoms with Crippen LogP contribution in [0.15, 0.2) is 6.07 Å². The van der Waals surface area contributed by atoms with Crippen LogP contribution in [0.25, 0.3) is 0 Å². The van der Waals surface area contributed by atoms with E-state index in [0.717, 1.165) is 5.69 Å². The number of aryl methyl sites for hydroxylation is 2. The molecule has 1 saturated carbocycles. The molecule has 0 saturated heterocycles. The molecule has 1 aromatic rings. The van der Waals surface area contributed by atoms with Crippen LogP contribution < -0.4 is 10.6 Å². The first-order valence-electron chi connectivity index (χ1n) is 8.38. The fourth-order valence-electron chi connectivity index (χ4n) is 3.64. The molecule has 1 fully saturated rings. The van der Waals surface area contributed by atoms with Gasteiger partial charge in [0, 0.05) is 17.8 Å². The van der Waals surface area contributed by atoms with Gasteiger partial charge in [-0.25, -0.2) is 4.79 Å². The Kier molecular flexibility index (Phi) is 5.36. The molecule has 0 bridgehead atoms. The molecule has 2 amide bonds. The Morgan fingerprint density at radius 1 is 1.56 bits per heavy atom. The molecule has 8 heteroatoms. The van der Waals surface area contributed by atoms with Gasteiger partial charge in [-0.05, 0) is 31.6 Å². The number of nitrogens with one attached hydrogen (secondary N) is 2. The van der Waals surface area contributed by atoms with Gasteiger partial charge in [-0.1, -0.05) is 13.8 Å². The van der Waals surface area contributed by atoms with Gasteiger partial charge in [-0.3, -0.25) is 14.8 Å². The Morgan fingerprint density at radius 2 is 2.24 bits per heavy atom. The highest BCUT2D eigenvalue weighted by molar-refractivity contribution is 5.88. The minimum Gasteiger partial charge on any atom is -0.481 e. The van der Waals surface area contributed by atoms with Crippen LogP contribution in [0.3, 0.4) is 0 Å². The summed E-state index contributed by atoms with van der Waals surface area (Å²) in [5.74, 6) is -0.620. The summed E-state index contributed by atoms with van der Waals surface area (Å²) in [6, 6.07) is 3.29. The molecule has 0 aromatic carbocycles. The van der Waals surface area contributed by atoms with E-state index in [2.05, 4.69) is 21.8 Å². The van der Waals surface area contributed by atoms with Crippen molar-refractivity contribution < 1.29 is 14.7 Å². The maximum absolute atomic E-state index is 12.2. The van der Waals surface area contributed by atoms with E-state index in [-0.39, 0.29) is 29.3 Å². The van der Waals surface area contributed by atoms with E-state index in [1.54, 1.807) is 10.7 Å². The largest absolute Gasteiger partial charge is 0.481 e. The minimum absolute atomic E-state index is 0.106. The number of aromatic nitrogens is 2. The number of aliphatic carboxylic acids is 1. The van der Waals surface area contributed by atoms with Crippen molar-refractivity contribution in [1.29, 1.82) is 5.26 Å². The zero-order valence-corrected chi connectivity index (χ0v) is 15.0. The van der Waals surface area contributed by atoms with Crippen LogP contribution >= 0.6 is 0 Å². The predicted octanol–water partition coefficient (Wildman–Crippen LogP) is 2.36. The maximum atomic E-state index is 12.2. The highest BCUT2D eigenvalue weighted by Crippen LogP contribution is 2.52. The summed E-state index contributed by atoms with van der Waals surface area (Å²) in [5.41, 5.74) is 0.511. The number of carboxylic acid groups (broad SMARTS) is 1. The quantitative estimate of drug-likeness (QED) is 0.729. The van der Waals surface area contributed by atoms with Crippen molar-refractivity contribution in [2.45, 2.75) is 53.1 Å². The number of amides is 2. The summed E-state index contributed by atoms with van der Waals surface area (Å²) >= 11 is 0. The van der Waals surface area contributed by atoms with Crippen molar-refractivity contribution in [1.82, 2.24) is 15.1 Å². The van der Waals surface area contributed by atoms with Gasteiger partial charge < -0.3 is 10.4 Å². The molecule has 1 aromatic heterocycles. The van der Waals surface area contributed by atoms with E-state index in [9.17, 15) is 14.7 Å². The lowest BCUT2D eigenvalue weighted by atomic mass is 9.53. The normalized spacial score (nSPS) is 22.4. The molecular formula is C17H25N5O3. The average Bonchev–Trinajstić information content (AvgIpc) is 2.82. The molecule has 1 unspecified atom stereocenters. The molecule has 0 spiro atoms. The molecule has 1 aliphatic rings. The van der Waals surface area contributed by atoms with Gasteiger partial charge in [0.25, 0.3) is 0 Å². The van der Waals surface area contributed by atoms with Gasteiger partial charge in [-0.15, -0.1) is 0 Å². The first-order valence-corrected chi connectivity index (χ1v) is 8.38. The van der Waals surface area contributed by atoms with Gasteiger partial charge >= 0.3 is 12.0 Å². The SMILES string of the molecule is Cc1cc(NC(=O)NC(C)[C@@H]2C[C@H](C(=O)O)C2(C)C)nn1CCC#N. The number of hydrogen-bond acceptors (Lipinski definition) is 4. The first kappa shape index (κ1) is 18.8. The predicted molar refractivity (Wildman–Crippen MR) is 91.8 cm³/mol.